The monoisotopic (exact) mass is 558 g/mol. The summed E-state index contributed by atoms with van der Waals surface area (Å²) in [5, 5.41) is 14.8. The van der Waals surface area contributed by atoms with Gasteiger partial charge in [0.25, 0.3) is 6.01 Å². The van der Waals surface area contributed by atoms with Crippen LogP contribution >= 0.6 is 0 Å². The zero-order chi connectivity index (χ0) is 28.6. The van der Waals surface area contributed by atoms with E-state index < -0.39 is 54.0 Å². The zero-order valence-electron chi connectivity index (χ0n) is 21.8. The van der Waals surface area contributed by atoms with E-state index in [2.05, 4.69) is 15.6 Å². The summed E-state index contributed by atoms with van der Waals surface area (Å²) < 4.78 is 48.9. The third-order valence-corrected chi connectivity index (χ3v) is 7.66. The largest absolute Gasteiger partial charge is 0.481 e. The average Bonchev–Trinajstić information content (AvgIpc) is 3.52. The van der Waals surface area contributed by atoms with Gasteiger partial charge in [0.2, 0.25) is 11.8 Å². The van der Waals surface area contributed by atoms with Crippen LogP contribution in [0.15, 0.2) is 34.7 Å². The van der Waals surface area contributed by atoms with Gasteiger partial charge in [-0.25, -0.2) is 13.2 Å². The molecule has 9 nitrogen and oxygen atoms in total. The summed E-state index contributed by atoms with van der Waals surface area (Å²) in [7, 11) is 0. The Morgan fingerprint density at radius 1 is 1.12 bits per heavy atom. The highest BCUT2D eigenvalue weighted by Gasteiger charge is 2.41. The first-order valence-corrected chi connectivity index (χ1v) is 13.2. The number of benzene rings is 2. The summed E-state index contributed by atoms with van der Waals surface area (Å²) >= 11 is 0. The number of anilines is 2. The number of carboxylic acid groups (broad SMARTS) is 1. The van der Waals surface area contributed by atoms with Gasteiger partial charge in [-0.15, -0.1) is 0 Å². The van der Waals surface area contributed by atoms with Crippen LogP contribution < -0.4 is 10.6 Å². The first-order valence-electron chi connectivity index (χ1n) is 13.2. The van der Waals surface area contributed by atoms with Crippen LogP contribution in [-0.4, -0.2) is 57.6 Å². The van der Waals surface area contributed by atoms with Gasteiger partial charge in [0.15, 0.2) is 11.4 Å². The summed E-state index contributed by atoms with van der Waals surface area (Å²) in [5.74, 6) is -3.69. The van der Waals surface area contributed by atoms with Gasteiger partial charge in [-0.2, -0.15) is 4.98 Å². The van der Waals surface area contributed by atoms with E-state index >= 15 is 4.39 Å². The molecule has 2 aromatic carbocycles. The number of nitrogens with zero attached hydrogens (tertiary/aromatic N) is 2. The van der Waals surface area contributed by atoms with Gasteiger partial charge >= 0.3 is 5.97 Å². The highest BCUT2D eigenvalue weighted by Crippen LogP contribution is 2.30. The van der Waals surface area contributed by atoms with Crippen molar-refractivity contribution in [3.8, 4) is 0 Å². The zero-order valence-corrected chi connectivity index (χ0v) is 21.8. The van der Waals surface area contributed by atoms with Gasteiger partial charge in [-0.3, -0.25) is 14.4 Å². The van der Waals surface area contributed by atoms with Crippen molar-refractivity contribution in [2.24, 2.45) is 5.92 Å². The van der Waals surface area contributed by atoms with Crippen molar-refractivity contribution in [3.05, 3.63) is 53.1 Å². The van der Waals surface area contributed by atoms with Crippen molar-refractivity contribution in [3.63, 3.8) is 0 Å². The fourth-order valence-corrected chi connectivity index (χ4v) is 5.39. The van der Waals surface area contributed by atoms with Crippen LogP contribution in [0.25, 0.3) is 11.1 Å². The number of oxazole rings is 1. The number of likely N-dealkylation sites (tertiary alicyclic amines) is 1. The molecule has 2 aliphatic rings. The Kier molecular flexibility index (Phi) is 7.68. The van der Waals surface area contributed by atoms with Crippen LogP contribution in [-0.2, 0) is 20.8 Å². The standard InChI is InChI=1S/C28H29F3N4O5/c1-14-2-6-17(29)11-21(14)34-28-33-20-9-5-16(24(31)25(20)40-28)10-23(36)35-13-18(30)12-22(35)26(37)32-19-7-3-15(4-8-19)27(38)39/h2,5-6,9,11,15,18-19,22H,3-4,7-8,10,12-13H2,1H3,(H,32,37)(H,33,34)(H,38,39)/t15-,18-,19-,22-/m0/s1. The summed E-state index contributed by atoms with van der Waals surface area (Å²) in [6, 6.07) is 5.66. The topological polar surface area (TPSA) is 125 Å². The van der Waals surface area contributed by atoms with Crippen molar-refractivity contribution in [2.75, 3.05) is 11.9 Å². The smallest absolute Gasteiger partial charge is 0.306 e. The number of aromatic nitrogens is 1. The van der Waals surface area contributed by atoms with E-state index in [0.29, 0.717) is 31.4 Å². The fraction of sp³-hybridized carbons (Fsp3) is 0.429. The lowest BCUT2D eigenvalue weighted by Gasteiger charge is -2.30. The molecule has 2 heterocycles. The first kappa shape index (κ1) is 27.5. The van der Waals surface area contributed by atoms with E-state index in [1.54, 1.807) is 13.0 Å². The van der Waals surface area contributed by atoms with Crippen LogP contribution in [0.3, 0.4) is 0 Å². The van der Waals surface area contributed by atoms with E-state index in [-0.39, 0.29) is 41.7 Å². The molecule has 2 amide bonds. The van der Waals surface area contributed by atoms with Crippen LogP contribution in [0.5, 0.6) is 0 Å². The number of aryl methyl sites for hydroxylation is 1. The molecule has 1 saturated heterocycles. The lowest BCUT2D eigenvalue weighted by molar-refractivity contribution is -0.143. The van der Waals surface area contributed by atoms with Crippen LogP contribution in [0.2, 0.25) is 0 Å². The summed E-state index contributed by atoms with van der Waals surface area (Å²) in [6.07, 6.45) is -0.150. The Morgan fingerprint density at radius 2 is 1.88 bits per heavy atom. The number of amides is 2. The van der Waals surface area contributed by atoms with Gasteiger partial charge in [-0.05, 0) is 56.4 Å². The molecule has 0 radical (unpaired) electrons. The molecule has 0 unspecified atom stereocenters. The molecule has 2 atom stereocenters. The maximum Gasteiger partial charge on any atom is 0.306 e. The second-order valence-electron chi connectivity index (χ2n) is 10.5. The molecular weight excluding hydrogens is 529 g/mol. The number of fused-ring (bicyclic) bond motifs is 1. The average molecular weight is 559 g/mol. The maximum absolute atomic E-state index is 15.4. The first-order chi connectivity index (χ1) is 19.1. The lowest BCUT2D eigenvalue weighted by atomic mass is 9.86. The number of carbonyl (C=O) groups is 3. The van der Waals surface area contributed by atoms with Gasteiger partial charge < -0.3 is 25.1 Å². The van der Waals surface area contributed by atoms with Crippen LogP contribution in [0, 0.1) is 24.5 Å². The molecule has 5 rings (SSSR count). The van der Waals surface area contributed by atoms with Crippen LogP contribution in [0.1, 0.15) is 43.2 Å². The van der Waals surface area contributed by atoms with Gasteiger partial charge in [-0.1, -0.05) is 12.1 Å². The molecule has 1 aliphatic heterocycles. The highest BCUT2D eigenvalue weighted by molar-refractivity contribution is 5.90. The summed E-state index contributed by atoms with van der Waals surface area (Å²) in [5.41, 5.74) is 1.11. The summed E-state index contributed by atoms with van der Waals surface area (Å²) in [4.78, 5) is 42.6. The number of carbonyl (C=O) groups excluding carboxylic acids is 2. The molecule has 3 N–H and O–H groups in total. The number of alkyl halides is 1. The maximum atomic E-state index is 15.4. The quantitative estimate of drug-likeness (QED) is 0.393. The number of hydrogen-bond donors (Lipinski definition) is 3. The number of rotatable bonds is 7. The Bertz CT molecular complexity index is 1450. The normalized spacial score (nSPS) is 22.9. The molecule has 1 aliphatic carbocycles. The van der Waals surface area contributed by atoms with Gasteiger partial charge in [0.05, 0.1) is 18.9 Å². The van der Waals surface area contributed by atoms with E-state index in [4.69, 9.17) is 9.52 Å². The lowest BCUT2D eigenvalue weighted by Crippen LogP contribution is -2.50. The highest BCUT2D eigenvalue weighted by atomic mass is 19.1. The predicted octanol–water partition coefficient (Wildman–Crippen LogP) is 4.40. The minimum Gasteiger partial charge on any atom is -0.481 e. The Labute approximate surface area is 227 Å². The number of halogens is 3. The fourth-order valence-electron chi connectivity index (χ4n) is 5.39. The molecule has 3 aromatic rings. The van der Waals surface area contributed by atoms with Crippen molar-refractivity contribution < 1.29 is 37.1 Å². The number of nitrogens with one attached hydrogen (secondary N) is 2. The molecule has 1 saturated carbocycles. The minimum absolute atomic E-state index is 0.00408. The molecule has 0 spiro atoms. The SMILES string of the molecule is Cc1ccc(F)cc1Nc1nc2ccc(CC(=O)N3C[C@@H](F)C[C@H]3C(=O)N[C@H]3CC[C@H](C(=O)O)CC3)c(F)c2o1. The predicted molar refractivity (Wildman–Crippen MR) is 139 cm³/mol. The number of hydrogen-bond acceptors (Lipinski definition) is 6. The minimum atomic E-state index is -1.40. The molecule has 40 heavy (non-hydrogen) atoms. The molecule has 212 valence electrons. The molecular formula is C28H29F3N4O5. The van der Waals surface area contributed by atoms with Crippen LogP contribution in [0.4, 0.5) is 24.9 Å². The van der Waals surface area contributed by atoms with Crippen molar-refractivity contribution in [2.45, 2.75) is 63.7 Å². The van der Waals surface area contributed by atoms with Gasteiger partial charge in [0, 0.05) is 23.7 Å². The van der Waals surface area contributed by atoms with Gasteiger partial charge in [0.1, 0.15) is 23.5 Å². The third-order valence-electron chi connectivity index (χ3n) is 7.66. The Morgan fingerprint density at radius 3 is 2.60 bits per heavy atom. The van der Waals surface area contributed by atoms with Crippen molar-refractivity contribution in [1.82, 2.24) is 15.2 Å². The molecule has 0 bridgehead atoms. The van der Waals surface area contributed by atoms with E-state index in [1.807, 2.05) is 0 Å². The third kappa shape index (κ3) is 5.75. The molecule has 2 fully saturated rings. The Hall–Kier alpha value is -4.09. The second kappa shape index (κ2) is 11.2. The second-order valence-corrected chi connectivity index (χ2v) is 10.5. The molecule has 12 heteroatoms. The molecule has 1 aromatic heterocycles. The Balaban J connectivity index is 1.26. The van der Waals surface area contributed by atoms with E-state index in [9.17, 15) is 23.2 Å². The van der Waals surface area contributed by atoms with Crippen molar-refractivity contribution in [1.29, 1.82) is 0 Å². The van der Waals surface area contributed by atoms with E-state index in [1.165, 1.54) is 24.3 Å². The van der Waals surface area contributed by atoms with E-state index in [0.717, 1.165) is 10.5 Å². The number of aliphatic carboxylic acids is 1. The number of carboxylic acids is 1. The van der Waals surface area contributed by atoms with Crippen molar-refractivity contribution >= 4 is 40.6 Å². The summed E-state index contributed by atoms with van der Waals surface area (Å²) in [6.45, 7) is 1.47.